The number of aromatic nitrogens is 2. The smallest absolute Gasteiger partial charge is 0.267 e. The zero-order valence-corrected chi connectivity index (χ0v) is 16.5. The molecule has 9 heteroatoms. The third-order valence-electron chi connectivity index (χ3n) is 3.84. The van der Waals surface area contributed by atoms with Gasteiger partial charge in [-0.15, -0.1) is 0 Å². The standard InChI is InChI=1S/C18H14BrClN4O3/c1-2-24-18(27)12-6-4-3-5-11(12)15(23-24)17(26)22-21-16(25)13-9-10(19)7-8-14(13)20/h3-9H,2H2,1H3,(H,21,25)(H,22,26). The van der Waals surface area contributed by atoms with Crippen LogP contribution in [0.25, 0.3) is 10.8 Å². The molecule has 3 rings (SSSR count). The van der Waals surface area contributed by atoms with Gasteiger partial charge in [-0.2, -0.15) is 5.10 Å². The number of amides is 2. The van der Waals surface area contributed by atoms with E-state index in [1.54, 1.807) is 43.3 Å². The second-order valence-corrected chi connectivity index (χ2v) is 6.87. The highest BCUT2D eigenvalue weighted by Crippen LogP contribution is 2.20. The minimum Gasteiger partial charge on any atom is -0.267 e. The topological polar surface area (TPSA) is 93.1 Å². The molecule has 0 fully saturated rings. The molecule has 0 aliphatic rings. The maximum absolute atomic E-state index is 12.6. The van der Waals surface area contributed by atoms with Crippen molar-refractivity contribution in [2.24, 2.45) is 0 Å². The van der Waals surface area contributed by atoms with Crippen LogP contribution in [0.3, 0.4) is 0 Å². The fraction of sp³-hybridized carbons (Fsp3) is 0.111. The number of hydrazine groups is 1. The Morgan fingerprint density at radius 2 is 1.78 bits per heavy atom. The largest absolute Gasteiger partial charge is 0.290 e. The molecule has 0 aliphatic carbocycles. The summed E-state index contributed by atoms with van der Waals surface area (Å²) in [5, 5.41) is 5.13. The van der Waals surface area contributed by atoms with Crippen molar-refractivity contribution in [3.63, 3.8) is 0 Å². The molecule has 1 aromatic heterocycles. The van der Waals surface area contributed by atoms with Crippen molar-refractivity contribution >= 4 is 50.1 Å². The van der Waals surface area contributed by atoms with Gasteiger partial charge in [-0.3, -0.25) is 25.2 Å². The van der Waals surface area contributed by atoms with E-state index in [0.717, 1.165) is 0 Å². The number of rotatable bonds is 3. The Hall–Kier alpha value is -2.71. The first-order valence-electron chi connectivity index (χ1n) is 7.98. The van der Waals surface area contributed by atoms with Crippen LogP contribution in [-0.4, -0.2) is 21.6 Å². The van der Waals surface area contributed by atoms with Crippen LogP contribution >= 0.6 is 27.5 Å². The summed E-state index contributed by atoms with van der Waals surface area (Å²) < 4.78 is 1.87. The number of benzene rings is 2. The van der Waals surface area contributed by atoms with E-state index in [9.17, 15) is 14.4 Å². The average molecular weight is 450 g/mol. The van der Waals surface area contributed by atoms with Gasteiger partial charge in [-0.1, -0.05) is 45.7 Å². The summed E-state index contributed by atoms with van der Waals surface area (Å²) in [6.45, 7) is 2.06. The Morgan fingerprint density at radius 1 is 1.11 bits per heavy atom. The number of nitrogens with zero attached hydrogens (tertiary/aromatic N) is 2. The highest BCUT2D eigenvalue weighted by Gasteiger charge is 2.18. The lowest BCUT2D eigenvalue weighted by Crippen LogP contribution is -2.43. The molecule has 7 nitrogen and oxygen atoms in total. The van der Waals surface area contributed by atoms with Gasteiger partial charge in [0.2, 0.25) is 0 Å². The predicted molar refractivity (Wildman–Crippen MR) is 106 cm³/mol. The normalized spacial score (nSPS) is 10.6. The fourth-order valence-corrected chi connectivity index (χ4v) is 3.09. The van der Waals surface area contributed by atoms with Gasteiger partial charge in [0.25, 0.3) is 17.4 Å². The minimum absolute atomic E-state index is 0.0349. The number of aryl methyl sites for hydroxylation is 1. The summed E-state index contributed by atoms with van der Waals surface area (Å²) in [6.07, 6.45) is 0. The van der Waals surface area contributed by atoms with Crippen molar-refractivity contribution in [2.75, 3.05) is 0 Å². The highest BCUT2D eigenvalue weighted by molar-refractivity contribution is 9.10. The Bertz CT molecular complexity index is 1110. The van der Waals surface area contributed by atoms with Crippen molar-refractivity contribution < 1.29 is 9.59 Å². The maximum atomic E-state index is 12.6. The Kier molecular flexibility index (Phi) is 5.57. The van der Waals surface area contributed by atoms with Crippen LogP contribution in [-0.2, 0) is 6.54 Å². The molecular weight excluding hydrogens is 436 g/mol. The zero-order chi connectivity index (χ0) is 19.6. The minimum atomic E-state index is -0.645. The maximum Gasteiger partial charge on any atom is 0.290 e. The molecule has 0 unspecified atom stereocenters. The molecular formula is C18H14BrClN4O3. The first kappa shape index (κ1) is 19.1. The highest BCUT2D eigenvalue weighted by atomic mass is 79.9. The lowest BCUT2D eigenvalue weighted by molar-refractivity contribution is 0.0843. The van der Waals surface area contributed by atoms with Crippen LogP contribution in [0, 0.1) is 0 Å². The van der Waals surface area contributed by atoms with Gasteiger partial charge in [-0.25, -0.2) is 4.68 Å². The van der Waals surface area contributed by atoms with Gasteiger partial charge in [0, 0.05) is 16.4 Å². The quantitative estimate of drug-likeness (QED) is 0.601. The van der Waals surface area contributed by atoms with Crippen LogP contribution in [0.1, 0.15) is 27.8 Å². The van der Waals surface area contributed by atoms with Crippen LogP contribution in [0.5, 0.6) is 0 Å². The van der Waals surface area contributed by atoms with Gasteiger partial charge in [0.15, 0.2) is 5.69 Å². The summed E-state index contributed by atoms with van der Waals surface area (Å²) in [5.74, 6) is -1.23. The summed E-state index contributed by atoms with van der Waals surface area (Å²) in [5.41, 5.74) is 4.58. The molecule has 0 bridgehead atoms. The van der Waals surface area contributed by atoms with Crippen LogP contribution < -0.4 is 16.4 Å². The second-order valence-electron chi connectivity index (χ2n) is 5.55. The first-order valence-corrected chi connectivity index (χ1v) is 9.15. The van der Waals surface area contributed by atoms with E-state index in [4.69, 9.17) is 11.6 Å². The number of hydrogen-bond donors (Lipinski definition) is 2. The average Bonchev–Trinajstić information content (AvgIpc) is 2.68. The molecule has 3 aromatic rings. The molecule has 138 valence electrons. The molecule has 2 N–H and O–H groups in total. The van der Waals surface area contributed by atoms with Gasteiger partial charge in [0.05, 0.1) is 16.0 Å². The van der Waals surface area contributed by atoms with Gasteiger partial charge < -0.3 is 0 Å². The monoisotopic (exact) mass is 448 g/mol. The number of nitrogens with one attached hydrogen (secondary N) is 2. The molecule has 0 atom stereocenters. The van der Waals surface area contributed by atoms with Crippen molar-refractivity contribution in [1.82, 2.24) is 20.6 Å². The summed E-state index contributed by atoms with van der Waals surface area (Å²) in [4.78, 5) is 37.2. The van der Waals surface area contributed by atoms with Crippen molar-refractivity contribution in [3.05, 3.63) is 73.6 Å². The number of hydrogen-bond acceptors (Lipinski definition) is 4. The number of carbonyl (C=O) groups excluding carboxylic acids is 2. The molecule has 27 heavy (non-hydrogen) atoms. The van der Waals surface area contributed by atoms with E-state index >= 15 is 0 Å². The lowest BCUT2D eigenvalue weighted by atomic mass is 10.1. The Morgan fingerprint density at radius 3 is 2.48 bits per heavy atom. The second kappa shape index (κ2) is 7.89. The first-order chi connectivity index (χ1) is 12.9. The van der Waals surface area contributed by atoms with E-state index < -0.39 is 11.8 Å². The molecule has 0 saturated carbocycles. The van der Waals surface area contributed by atoms with Gasteiger partial charge >= 0.3 is 0 Å². The fourth-order valence-electron chi connectivity index (χ4n) is 2.53. The number of carbonyl (C=O) groups is 2. The lowest BCUT2D eigenvalue weighted by Gasteiger charge is -2.11. The number of halogens is 2. The number of fused-ring (bicyclic) bond motifs is 1. The third-order valence-corrected chi connectivity index (χ3v) is 4.67. The van der Waals surface area contributed by atoms with E-state index in [1.807, 2.05) is 0 Å². The van der Waals surface area contributed by atoms with Crippen LogP contribution in [0.2, 0.25) is 5.02 Å². The van der Waals surface area contributed by atoms with Gasteiger partial charge in [-0.05, 0) is 31.2 Å². The van der Waals surface area contributed by atoms with Crippen molar-refractivity contribution in [2.45, 2.75) is 13.5 Å². The van der Waals surface area contributed by atoms with E-state index in [1.165, 1.54) is 10.7 Å². The Balaban J connectivity index is 1.89. The molecule has 2 aromatic carbocycles. The third kappa shape index (κ3) is 3.86. The predicted octanol–water partition coefficient (Wildman–Crippen LogP) is 2.91. The van der Waals surface area contributed by atoms with Gasteiger partial charge in [0.1, 0.15) is 0 Å². The van der Waals surface area contributed by atoms with E-state index in [0.29, 0.717) is 21.8 Å². The molecule has 0 radical (unpaired) electrons. The van der Waals surface area contributed by atoms with E-state index in [-0.39, 0.29) is 21.8 Å². The summed E-state index contributed by atoms with van der Waals surface area (Å²) in [6, 6.07) is 11.5. The van der Waals surface area contributed by atoms with E-state index in [2.05, 4.69) is 31.9 Å². The summed E-state index contributed by atoms with van der Waals surface area (Å²) in [7, 11) is 0. The zero-order valence-electron chi connectivity index (χ0n) is 14.1. The van der Waals surface area contributed by atoms with Crippen molar-refractivity contribution in [3.8, 4) is 0 Å². The molecule has 1 heterocycles. The molecule has 0 spiro atoms. The molecule has 2 amide bonds. The Labute approximate surface area is 167 Å². The van der Waals surface area contributed by atoms with Crippen LogP contribution in [0.15, 0.2) is 51.7 Å². The summed E-state index contributed by atoms with van der Waals surface area (Å²) >= 11 is 9.28. The van der Waals surface area contributed by atoms with Crippen LogP contribution in [0.4, 0.5) is 0 Å². The SMILES string of the molecule is CCn1nc(C(=O)NNC(=O)c2cc(Br)ccc2Cl)c2ccccc2c1=O. The molecule has 0 aliphatic heterocycles. The van der Waals surface area contributed by atoms with Crippen molar-refractivity contribution in [1.29, 1.82) is 0 Å². The molecule has 0 saturated heterocycles.